The summed E-state index contributed by atoms with van der Waals surface area (Å²) in [6, 6.07) is 14.8. The van der Waals surface area contributed by atoms with E-state index in [0.717, 1.165) is 16.2 Å². The van der Waals surface area contributed by atoms with Crippen molar-refractivity contribution in [1.29, 1.82) is 0 Å². The summed E-state index contributed by atoms with van der Waals surface area (Å²) < 4.78 is 32.8. The topological polar surface area (TPSA) is 54.4 Å². The number of benzene rings is 3. The third-order valence-corrected chi connectivity index (χ3v) is 4.97. The lowest BCUT2D eigenvalue weighted by atomic mass is 10.0. The first-order chi connectivity index (χ1) is 8.98. The Morgan fingerprint density at radius 1 is 0.842 bits per heavy atom. The summed E-state index contributed by atoms with van der Waals surface area (Å²) in [6.07, 6.45) is 0. The van der Waals surface area contributed by atoms with E-state index in [0.29, 0.717) is 9.86 Å². The highest BCUT2D eigenvalue weighted by molar-refractivity contribution is 9.10. The van der Waals surface area contributed by atoms with Crippen molar-refractivity contribution < 1.29 is 13.0 Å². The normalized spacial score (nSPS) is 12.1. The molecule has 19 heavy (non-hydrogen) atoms. The molecule has 0 saturated carbocycles. The first-order valence-electron chi connectivity index (χ1n) is 5.56. The molecule has 96 valence electrons. The van der Waals surface area contributed by atoms with Gasteiger partial charge in [-0.15, -0.1) is 0 Å². The van der Waals surface area contributed by atoms with Crippen LogP contribution >= 0.6 is 15.9 Å². The van der Waals surface area contributed by atoms with Gasteiger partial charge >= 0.3 is 0 Å². The van der Waals surface area contributed by atoms with Crippen molar-refractivity contribution in [2.75, 3.05) is 0 Å². The van der Waals surface area contributed by atoms with E-state index in [1.165, 1.54) is 0 Å². The van der Waals surface area contributed by atoms with Crippen LogP contribution in [0.1, 0.15) is 0 Å². The molecule has 0 heterocycles. The van der Waals surface area contributed by atoms with E-state index < -0.39 is 10.1 Å². The van der Waals surface area contributed by atoms with Gasteiger partial charge < -0.3 is 0 Å². The van der Waals surface area contributed by atoms with Crippen LogP contribution < -0.4 is 0 Å². The molecule has 3 rings (SSSR count). The van der Waals surface area contributed by atoms with E-state index in [1.54, 1.807) is 12.1 Å². The maximum absolute atomic E-state index is 11.5. The van der Waals surface area contributed by atoms with Gasteiger partial charge in [0.05, 0.1) is 0 Å². The Morgan fingerprint density at radius 2 is 1.53 bits per heavy atom. The molecule has 1 N–H and O–H groups in total. The Morgan fingerprint density at radius 3 is 2.26 bits per heavy atom. The fourth-order valence-corrected chi connectivity index (χ4v) is 4.03. The summed E-state index contributed by atoms with van der Waals surface area (Å²) in [5.41, 5.74) is 0. The van der Waals surface area contributed by atoms with Gasteiger partial charge in [0.1, 0.15) is 4.90 Å². The second-order valence-electron chi connectivity index (χ2n) is 4.23. The lowest BCUT2D eigenvalue weighted by Crippen LogP contribution is -2.00. The monoisotopic (exact) mass is 336 g/mol. The maximum Gasteiger partial charge on any atom is 0.296 e. The van der Waals surface area contributed by atoms with Crippen LogP contribution in [0.2, 0.25) is 0 Å². The molecule has 0 bridgehead atoms. The van der Waals surface area contributed by atoms with E-state index in [2.05, 4.69) is 15.9 Å². The molecule has 0 spiro atoms. The van der Waals surface area contributed by atoms with Crippen LogP contribution in [0, 0.1) is 0 Å². The molecule has 0 radical (unpaired) electrons. The van der Waals surface area contributed by atoms with E-state index in [1.807, 2.05) is 36.4 Å². The Kier molecular flexibility index (Phi) is 2.85. The number of fused-ring (bicyclic) bond motifs is 3. The smallest absolute Gasteiger partial charge is 0.282 e. The van der Waals surface area contributed by atoms with Gasteiger partial charge in [0, 0.05) is 9.86 Å². The lowest BCUT2D eigenvalue weighted by Gasteiger charge is -2.09. The van der Waals surface area contributed by atoms with Crippen LogP contribution in [-0.2, 0) is 10.1 Å². The second-order valence-corrected chi connectivity index (χ2v) is 6.45. The Hall–Kier alpha value is -1.43. The van der Waals surface area contributed by atoms with Gasteiger partial charge in [-0.2, -0.15) is 8.42 Å². The van der Waals surface area contributed by atoms with Crippen molar-refractivity contribution in [2.24, 2.45) is 0 Å². The fraction of sp³-hybridized carbons (Fsp3) is 0. The minimum absolute atomic E-state index is 0.0873. The van der Waals surface area contributed by atoms with Crippen molar-refractivity contribution in [3.63, 3.8) is 0 Å². The minimum Gasteiger partial charge on any atom is -0.282 e. The predicted octanol–water partition coefficient (Wildman–Crippen LogP) is 4.00. The van der Waals surface area contributed by atoms with Crippen molar-refractivity contribution >= 4 is 47.6 Å². The molecule has 3 aromatic rings. The Balaban J connectivity index is 2.59. The molecule has 0 aliphatic heterocycles. The van der Waals surface area contributed by atoms with Crippen molar-refractivity contribution in [3.8, 4) is 0 Å². The molecule has 3 aromatic carbocycles. The zero-order valence-electron chi connectivity index (χ0n) is 9.67. The molecule has 3 nitrogen and oxygen atoms in total. The quantitative estimate of drug-likeness (QED) is 0.539. The summed E-state index contributed by atoms with van der Waals surface area (Å²) in [6.45, 7) is 0. The summed E-state index contributed by atoms with van der Waals surface area (Å²) in [7, 11) is -4.28. The van der Waals surface area contributed by atoms with Gasteiger partial charge in [0.25, 0.3) is 10.1 Å². The molecule has 0 amide bonds. The van der Waals surface area contributed by atoms with Gasteiger partial charge in [-0.05, 0) is 38.2 Å². The summed E-state index contributed by atoms with van der Waals surface area (Å²) >= 11 is 3.18. The van der Waals surface area contributed by atoms with Gasteiger partial charge in [0.2, 0.25) is 0 Å². The van der Waals surface area contributed by atoms with E-state index in [9.17, 15) is 13.0 Å². The zero-order valence-corrected chi connectivity index (χ0v) is 12.1. The SMILES string of the molecule is O=S(=O)(O)c1c(Br)ccc2c1ccc1ccccc12. The van der Waals surface area contributed by atoms with Crippen molar-refractivity contribution in [2.45, 2.75) is 4.90 Å². The van der Waals surface area contributed by atoms with Gasteiger partial charge in [0.15, 0.2) is 0 Å². The molecular formula is C14H9BrO3S. The molecule has 0 fully saturated rings. The van der Waals surface area contributed by atoms with Crippen LogP contribution in [-0.4, -0.2) is 13.0 Å². The van der Waals surface area contributed by atoms with Gasteiger partial charge in [-0.25, -0.2) is 0 Å². The molecule has 5 heteroatoms. The van der Waals surface area contributed by atoms with Gasteiger partial charge in [-0.1, -0.05) is 42.5 Å². The highest BCUT2D eigenvalue weighted by Crippen LogP contribution is 2.34. The molecule has 0 aromatic heterocycles. The maximum atomic E-state index is 11.5. The van der Waals surface area contributed by atoms with Crippen molar-refractivity contribution in [1.82, 2.24) is 0 Å². The number of rotatable bonds is 1. The molecule has 0 aliphatic rings. The van der Waals surface area contributed by atoms with Crippen LogP contribution in [0.25, 0.3) is 21.5 Å². The standard InChI is InChI=1S/C14H9BrO3S/c15-13-8-7-11-10-4-2-1-3-9(10)5-6-12(11)14(13)19(16,17)18/h1-8H,(H,16,17,18). The van der Waals surface area contributed by atoms with Crippen molar-refractivity contribution in [3.05, 3.63) is 53.0 Å². The molecule has 0 aliphatic carbocycles. The third kappa shape index (κ3) is 2.04. The Bertz CT molecular complexity index is 901. The minimum atomic E-state index is -4.28. The van der Waals surface area contributed by atoms with E-state index >= 15 is 0 Å². The van der Waals surface area contributed by atoms with Crippen LogP contribution in [0.5, 0.6) is 0 Å². The summed E-state index contributed by atoms with van der Waals surface area (Å²) in [5, 5.41) is 3.29. The second kappa shape index (κ2) is 4.30. The van der Waals surface area contributed by atoms with Crippen LogP contribution in [0.4, 0.5) is 0 Å². The molecular weight excluding hydrogens is 328 g/mol. The Labute approximate surface area is 118 Å². The largest absolute Gasteiger partial charge is 0.296 e. The fourth-order valence-electron chi connectivity index (χ4n) is 2.30. The average Bonchev–Trinajstić information content (AvgIpc) is 2.36. The molecule has 0 unspecified atom stereocenters. The highest BCUT2D eigenvalue weighted by Gasteiger charge is 2.18. The molecule has 0 atom stereocenters. The summed E-state index contributed by atoms with van der Waals surface area (Å²) in [5.74, 6) is 0. The number of hydrogen-bond acceptors (Lipinski definition) is 2. The average molecular weight is 337 g/mol. The zero-order chi connectivity index (χ0) is 13.6. The highest BCUT2D eigenvalue weighted by atomic mass is 79.9. The van der Waals surface area contributed by atoms with E-state index in [4.69, 9.17) is 0 Å². The summed E-state index contributed by atoms with van der Waals surface area (Å²) in [4.78, 5) is -0.0873. The van der Waals surface area contributed by atoms with Crippen LogP contribution in [0.3, 0.4) is 0 Å². The van der Waals surface area contributed by atoms with E-state index in [-0.39, 0.29) is 4.90 Å². The van der Waals surface area contributed by atoms with Crippen LogP contribution in [0.15, 0.2) is 57.9 Å². The molecule has 0 saturated heterocycles. The van der Waals surface area contributed by atoms with Gasteiger partial charge in [-0.3, -0.25) is 4.55 Å². The number of halogens is 1. The first kappa shape index (κ1) is 12.6. The number of hydrogen-bond donors (Lipinski definition) is 1. The first-order valence-corrected chi connectivity index (χ1v) is 7.79. The third-order valence-electron chi connectivity index (χ3n) is 3.09. The predicted molar refractivity (Wildman–Crippen MR) is 79.0 cm³/mol. The lowest BCUT2D eigenvalue weighted by molar-refractivity contribution is 0.483.